The van der Waals surface area contributed by atoms with Crippen LogP contribution in [0.4, 0.5) is 0 Å². The Morgan fingerprint density at radius 3 is 2.77 bits per heavy atom. The first-order valence-electron chi connectivity index (χ1n) is 5.20. The van der Waals surface area contributed by atoms with Crippen LogP contribution in [0.2, 0.25) is 0 Å². The summed E-state index contributed by atoms with van der Waals surface area (Å²) in [5.41, 5.74) is 0. The van der Waals surface area contributed by atoms with Crippen molar-refractivity contribution >= 4 is 5.91 Å². The van der Waals surface area contributed by atoms with Gasteiger partial charge in [0.1, 0.15) is 6.23 Å². The largest absolute Gasteiger partial charge is 0.358 e. The van der Waals surface area contributed by atoms with Gasteiger partial charge in [-0.2, -0.15) is 0 Å². The molecule has 0 aromatic carbocycles. The fraction of sp³-hybridized carbons (Fsp3) is 0.900. The van der Waals surface area contributed by atoms with Gasteiger partial charge in [-0.3, -0.25) is 4.79 Å². The zero-order valence-electron chi connectivity index (χ0n) is 8.58. The summed E-state index contributed by atoms with van der Waals surface area (Å²) in [6.07, 6.45) is 3.62. The van der Waals surface area contributed by atoms with Crippen molar-refractivity contribution in [1.82, 2.24) is 4.90 Å². The van der Waals surface area contributed by atoms with Crippen molar-refractivity contribution in [1.29, 1.82) is 0 Å². The molecule has 3 heteroatoms. The van der Waals surface area contributed by atoms with E-state index < -0.39 is 0 Å². The molecule has 0 N–H and O–H groups in total. The van der Waals surface area contributed by atoms with Crippen LogP contribution in [0.15, 0.2) is 0 Å². The van der Waals surface area contributed by atoms with E-state index in [1.54, 1.807) is 0 Å². The molecule has 1 atom stereocenters. The van der Waals surface area contributed by atoms with E-state index in [2.05, 4.69) is 13.8 Å². The zero-order chi connectivity index (χ0) is 9.68. The Morgan fingerprint density at radius 2 is 2.31 bits per heavy atom. The second kappa shape index (κ2) is 5.22. The lowest BCUT2D eigenvalue weighted by Gasteiger charge is -2.26. The van der Waals surface area contributed by atoms with Gasteiger partial charge in [0.25, 0.3) is 0 Å². The third-order valence-corrected chi connectivity index (χ3v) is 2.32. The van der Waals surface area contributed by atoms with Gasteiger partial charge in [0.15, 0.2) is 0 Å². The number of likely N-dealkylation sites (tertiary alicyclic amines) is 1. The van der Waals surface area contributed by atoms with Gasteiger partial charge in [0.05, 0.1) is 0 Å². The van der Waals surface area contributed by atoms with Crippen LogP contribution in [-0.2, 0) is 9.53 Å². The maximum Gasteiger partial charge on any atom is 0.224 e. The van der Waals surface area contributed by atoms with Crippen LogP contribution in [0, 0.1) is 0 Å². The van der Waals surface area contributed by atoms with Gasteiger partial charge in [-0.25, -0.2) is 0 Å². The van der Waals surface area contributed by atoms with E-state index in [9.17, 15) is 4.79 Å². The number of hydrogen-bond donors (Lipinski definition) is 0. The molecule has 1 heterocycles. The topological polar surface area (TPSA) is 29.5 Å². The van der Waals surface area contributed by atoms with Crippen molar-refractivity contribution in [3.05, 3.63) is 0 Å². The van der Waals surface area contributed by atoms with E-state index >= 15 is 0 Å². The molecular weight excluding hydrogens is 166 g/mol. The summed E-state index contributed by atoms with van der Waals surface area (Å²) < 4.78 is 5.60. The Hall–Kier alpha value is -0.570. The first kappa shape index (κ1) is 10.5. The average Bonchev–Trinajstić information content (AvgIpc) is 2.54. The zero-order valence-corrected chi connectivity index (χ0v) is 8.58. The van der Waals surface area contributed by atoms with Crippen molar-refractivity contribution in [2.75, 3.05) is 13.2 Å². The Morgan fingerprint density at radius 1 is 1.54 bits per heavy atom. The molecule has 1 aliphatic rings. The minimum Gasteiger partial charge on any atom is -0.358 e. The van der Waals surface area contributed by atoms with Gasteiger partial charge >= 0.3 is 0 Å². The molecule has 76 valence electrons. The summed E-state index contributed by atoms with van der Waals surface area (Å²) >= 11 is 0. The lowest BCUT2D eigenvalue weighted by atomic mass is 10.3. The van der Waals surface area contributed by atoms with Crippen molar-refractivity contribution in [3.8, 4) is 0 Å². The third-order valence-electron chi connectivity index (χ3n) is 2.32. The van der Waals surface area contributed by atoms with E-state index in [-0.39, 0.29) is 12.1 Å². The second-order valence-electron chi connectivity index (χ2n) is 3.42. The van der Waals surface area contributed by atoms with Crippen LogP contribution in [0.25, 0.3) is 0 Å². The Kier molecular flexibility index (Phi) is 4.22. The third kappa shape index (κ3) is 2.69. The SMILES string of the molecule is CCCOC(CC)N1CCCC1=O. The molecule has 0 bridgehead atoms. The summed E-state index contributed by atoms with van der Waals surface area (Å²) in [6, 6.07) is 0. The molecule has 1 fully saturated rings. The molecule has 3 nitrogen and oxygen atoms in total. The predicted molar refractivity (Wildman–Crippen MR) is 51.3 cm³/mol. The molecule has 0 aromatic heterocycles. The molecule has 0 aliphatic carbocycles. The number of carbonyl (C=O) groups excluding carboxylic acids is 1. The minimum atomic E-state index is 0.0231. The van der Waals surface area contributed by atoms with Crippen LogP contribution in [0.1, 0.15) is 39.5 Å². The van der Waals surface area contributed by atoms with Gasteiger partial charge in [-0.15, -0.1) is 0 Å². The Bertz CT molecular complexity index is 170. The molecule has 13 heavy (non-hydrogen) atoms. The van der Waals surface area contributed by atoms with Crippen LogP contribution < -0.4 is 0 Å². The maximum absolute atomic E-state index is 11.4. The molecular formula is C10H19NO2. The van der Waals surface area contributed by atoms with Crippen molar-refractivity contribution < 1.29 is 9.53 Å². The summed E-state index contributed by atoms with van der Waals surface area (Å²) in [7, 11) is 0. The second-order valence-corrected chi connectivity index (χ2v) is 3.42. The highest BCUT2D eigenvalue weighted by atomic mass is 16.5. The molecule has 0 radical (unpaired) electrons. The fourth-order valence-corrected chi connectivity index (χ4v) is 1.66. The van der Waals surface area contributed by atoms with E-state index in [4.69, 9.17) is 4.74 Å². The number of nitrogens with zero attached hydrogens (tertiary/aromatic N) is 1. The van der Waals surface area contributed by atoms with Gasteiger partial charge in [0.2, 0.25) is 5.91 Å². The first-order chi connectivity index (χ1) is 6.29. The number of carbonyl (C=O) groups is 1. The number of ether oxygens (including phenoxy) is 1. The van der Waals surface area contributed by atoms with Gasteiger partial charge < -0.3 is 9.64 Å². The van der Waals surface area contributed by atoms with E-state index in [0.717, 1.165) is 32.4 Å². The molecule has 1 amide bonds. The van der Waals surface area contributed by atoms with Crippen LogP contribution in [0.5, 0.6) is 0 Å². The van der Waals surface area contributed by atoms with Crippen LogP contribution in [0.3, 0.4) is 0 Å². The maximum atomic E-state index is 11.4. The monoisotopic (exact) mass is 185 g/mol. The van der Waals surface area contributed by atoms with Crippen LogP contribution in [-0.4, -0.2) is 30.2 Å². The predicted octanol–water partition coefficient (Wildman–Crippen LogP) is 1.77. The number of hydrogen-bond acceptors (Lipinski definition) is 2. The summed E-state index contributed by atoms with van der Waals surface area (Å²) in [4.78, 5) is 13.3. The standard InChI is InChI=1S/C10H19NO2/c1-3-8-13-10(4-2)11-7-5-6-9(11)12/h10H,3-8H2,1-2H3. The van der Waals surface area contributed by atoms with Crippen molar-refractivity contribution in [2.45, 2.75) is 45.8 Å². The summed E-state index contributed by atoms with van der Waals surface area (Å²) in [5, 5.41) is 0. The molecule has 0 spiro atoms. The highest BCUT2D eigenvalue weighted by Gasteiger charge is 2.26. The van der Waals surface area contributed by atoms with Gasteiger partial charge in [0, 0.05) is 19.6 Å². The van der Waals surface area contributed by atoms with E-state index in [1.165, 1.54) is 0 Å². The highest BCUT2D eigenvalue weighted by Crippen LogP contribution is 2.16. The summed E-state index contributed by atoms with van der Waals surface area (Å²) in [5.74, 6) is 0.253. The molecule has 0 aromatic rings. The fourth-order valence-electron chi connectivity index (χ4n) is 1.66. The number of amides is 1. The first-order valence-corrected chi connectivity index (χ1v) is 5.20. The van der Waals surface area contributed by atoms with E-state index in [0.29, 0.717) is 6.42 Å². The summed E-state index contributed by atoms with van der Waals surface area (Å²) in [6.45, 7) is 5.77. The van der Waals surface area contributed by atoms with E-state index in [1.807, 2.05) is 4.90 Å². The number of rotatable bonds is 5. The van der Waals surface area contributed by atoms with Crippen LogP contribution >= 0.6 is 0 Å². The molecule has 1 rings (SSSR count). The quantitative estimate of drug-likeness (QED) is 0.653. The Balaban J connectivity index is 2.40. The average molecular weight is 185 g/mol. The highest BCUT2D eigenvalue weighted by molar-refractivity contribution is 5.78. The lowest BCUT2D eigenvalue weighted by molar-refractivity contribution is -0.141. The van der Waals surface area contributed by atoms with Crippen molar-refractivity contribution in [3.63, 3.8) is 0 Å². The minimum absolute atomic E-state index is 0.0231. The normalized spacial score (nSPS) is 19.5. The van der Waals surface area contributed by atoms with Gasteiger partial charge in [-0.1, -0.05) is 13.8 Å². The smallest absolute Gasteiger partial charge is 0.224 e. The van der Waals surface area contributed by atoms with Gasteiger partial charge in [-0.05, 0) is 19.3 Å². The molecule has 0 saturated carbocycles. The molecule has 1 unspecified atom stereocenters. The molecule has 1 saturated heterocycles. The Labute approximate surface area is 80.1 Å². The lowest BCUT2D eigenvalue weighted by Crippen LogP contribution is -2.37. The van der Waals surface area contributed by atoms with Crippen molar-refractivity contribution in [2.24, 2.45) is 0 Å². The molecule has 1 aliphatic heterocycles.